The average Bonchev–Trinajstić information content (AvgIpc) is 2.37. The molecule has 0 aromatic heterocycles. The van der Waals surface area contributed by atoms with E-state index in [1.807, 2.05) is 0 Å². The van der Waals surface area contributed by atoms with Crippen molar-refractivity contribution < 1.29 is 29.0 Å². The average molecular weight is 286 g/mol. The van der Waals surface area contributed by atoms with Gasteiger partial charge in [0.2, 0.25) is 0 Å². The smallest absolute Gasteiger partial charge is 0.323 e. The van der Waals surface area contributed by atoms with Crippen molar-refractivity contribution in [3.8, 4) is 0 Å². The summed E-state index contributed by atoms with van der Waals surface area (Å²) >= 11 is 0. The van der Waals surface area contributed by atoms with E-state index in [0.717, 1.165) is 19.3 Å². The first-order valence-electron chi connectivity index (χ1n) is 5.35. The van der Waals surface area contributed by atoms with Gasteiger partial charge in [-0.1, -0.05) is 6.42 Å². The Labute approximate surface area is 100.0 Å². The minimum atomic E-state index is -4.25. The van der Waals surface area contributed by atoms with Crippen LogP contribution in [-0.4, -0.2) is 42.1 Å². The van der Waals surface area contributed by atoms with E-state index in [0.29, 0.717) is 18.6 Å². The van der Waals surface area contributed by atoms with E-state index < -0.39 is 27.5 Å². The largest absolute Gasteiger partial charge is 0.412 e. The molecule has 0 heterocycles. The SMILES string of the molecule is O=P(O)(O)CN=C1CCCCCC1[P+](O)(O)O. The van der Waals surface area contributed by atoms with Crippen LogP contribution in [0.15, 0.2) is 4.99 Å². The van der Waals surface area contributed by atoms with Gasteiger partial charge in [-0.15, -0.1) is 0 Å². The van der Waals surface area contributed by atoms with Crippen molar-refractivity contribution in [3.05, 3.63) is 0 Å². The van der Waals surface area contributed by atoms with Gasteiger partial charge in [-0.2, -0.15) is 14.7 Å². The van der Waals surface area contributed by atoms with Gasteiger partial charge in [0.05, 0.1) is 5.71 Å². The van der Waals surface area contributed by atoms with Crippen molar-refractivity contribution in [2.45, 2.75) is 37.8 Å². The molecule has 0 radical (unpaired) electrons. The maximum atomic E-state index is 10.7. The third-order valence-corrected chi connectivity index (χ3v) is 4.57. The number of hydrogen-bond donors (Lipinski definition) is 5. The van der Waals surface area contributed by atoms with E-state index in [9.17, 15) is 19.2 Å². The Morgan fingerprint density at radius 3 is 2.41 bits per heavy atom. The maximum absolute atomic E-state index is 10.7. The first-order valence-corrected chi connectivity index (χ1v) is 8.86. The highest BCUT2D eigenvalue weighted by molar-refractivity contribution is 7.60. The molecule has 0 saturated heterocycles. The second kappa shape index (κ2) is 5.85. The highest BCUT2D eigenvalue weighted by atomic mass is 31.2. The van der Waals surface area contributed by atoms with Crippen LogP contribution in [0, 0.1) is 0 Å². The zero-order chi connectivity index (χ0) is 13.1. The predicted molar refractivity (Wildman–Crippen MR) is 64.8 cm³/mol. The summed E-state index contributed by atoms with van der Waals surface area (Å²) < 4.78 is 10.7. The zero-order valence-corrected chi connectivity index (χ0v) is 11.1. The minimum Gasteiger partial charge on any atom is -0.323 e. The molecule has 1 saturated carbocycles. The van der Waals surface area contributed by atoms with Gasteiger partial charge >= 0.3 is 15.5 Å². The van der Waals surface area contributed by atoms with Crippen molar-refractivity contribution in [1.29, 1.82) is 0 Å². The van der Waals surface area contributed by atoms with Crippen molar-refractivity contribution >= 4 is 21.3 Å². The minimum absolute atomic E-state index is 0.312. The third kappa shape index (κ3) is 5.53. The van der Waals surface area contributed by atoms with Crippen LogP contribution in [0.25, 0.3) is 0 Å². The lowest BCUT2D eigenvalue weighted by atomic mass is 10.2. The molecule has 1 fully saturated rings. The summed E-state index contributed by atoms with van der Waals surface area (Å²) in [4.78, 5) is 49.2. The lowest BCUT2D eigenvalue weighted by Gasteiger charge is -2.17. The molecule has 0 aromatic carbocycles. The maximum Gasteiger partial charge on any atom is 0.412 e. The van der Waals surface area contributed by atoms with E-state index in [1.54, 1.807) is 0 Å². The number of rotatable bonds is 3. The second-order valence-corrected chi connectivity index (χ2v) is 7.65. The summed E-state index contributed by atoms with van der Waals surface area (Å²) in [6, 6.07) is 0. The van der Waals surface area contributed by atoms with E-state index in [1.165, 1.54) is 0 Å². The summed E-state index contributed by atoms with van der Waals surface area (Å²) in [6.45, 7) is 0. The third-order valence-electron chi connectivity index (χ3n) is 2.67. The highest BCUT2D eigenvalue weighted by Gasteiger charge is 2.46. The molecule has 0 bridgehead atoms. The molecule has 7 nitrogen and oxygen atoms in total. The molecule has 100 valence electrons. The van der Waals surface area contributed by atoms with Gasteiger partial charge in [0, 0.05) is 0 Å². The van der Waals surface area contributed by atoms with Crippen molar-refractivity contribution in [2.24, 2.45) is 4.99 Å². The number of nitrogens with zero attached hydrogens (tertiary/aromatic N) is 1. The molecule has 5 N–H and O–H groups in total. The fourth-order valence-corrected chi connectivity index (χ4v) is 3.40. The highest BCUT2D eigenvalue weighted by Crippen LogP contribution is 2.54. The second-order valence-electron chi connectivity index (χ2n) is 4.19. The lowest BCUT2D eigenvalue weighted by Crippen LogP contribution is -2.23. The molecule has 0 spiro atoms. The van der Waals surface area contributed by atoms with E-state index in [4.69, 9.17) is 9.79 Å². The molecule has 1 unspecified atom stereocenters. The van der Waals surface area contributed by atoms with Crippen molar-refractivity contribution in [1.82, 2.24) is 0 Å². The molecule has 1 aliphatic rings. The van der Waals surface area contributed by atoms with Crippen LogP contribution in [0.2, 0.25) is 0 Å². The molecule has 1 atom stereocenters. The molecule has 1 aliphatic carbocycles. The Balaban J connectivity index is 2.86. The molecule has 0 amide bonds. The molecular formula is C8H18NO6P2+. The van der Waals surface area contributed by atoms with Gasteiger partial charge in [-0.25, -0.2) is 0 Å². The fourth-order valence-electron chi connectivity index (χ4n) is 1.89. The topological polar surface area (TPSA) is 131 Å². The Morgan fingerprint density at radius 2 is 1.88 bits per heavy atom. The quantitative estimate of drug-likeness (QED) is 0.382. The Hall–Kier alpha value is 0.130. The predicted octanol–water partition coefficient (Wildman–Crippen LogP) is 0.635. The van der Waals surface area contributed by atoms with E-state index in [-0.39, 0.29) is 0 Å². The number of aliphatic imine (C=N–C) groups is 1. The molecule has 0 aliphatic heterocycles. The monoisotopic (exact) mass is 286 g/mol. The van der Waals surface area contributed by atoms with Crippen LogP contribution in [0.1, 0.15) is 32.1 Å². The van der Waals surface area contributed by atoms with Gasteiger partial charge in [-0.3, -0.25) is 9.56 Å². The summed E-state index contributed by atoms with van der Waals surface area (Å²) in [5, 5.41) is 0. The van der Waals surface area contributed by atoms with Gasteiger partial charge in [0.15, 0.2) is 5.66 Å². The molecular weight excluding hydrogens is 268 g/mol. The first-order chi connectivity index (χ1) is 7.70. The van der Waals surface area contributed by atoms with Crippen LogP contribution in [0.4, 0.5) is 0 Å². The fraction of sp³-hybridized carbons (Fsp3) is 0.875. The zero-order valence-electron chi connectivity index (χ0n) is 9.31. The Morgan fingerprint density at radius 1 is 1.24 bits per heavy atom. The van der Waals surface area contributed by atoms with Gasteiger partial charge < -0.3 is 9.79 Å². The summed E-state index contributed by atoms with van der Waals surface area (Å²) in [5.74, 6) is 0. The Bertz CT molecular complexity index is 333. The van der Waals surface area contributed by atoms with Crippen LogP contribution in [0.3, 0.4) is 0 Å². The van der Waals surface area contributed by atoms with Crippen LogP contribution < -0.4 is 0 Å². The van der Waals surface area contributed by atoms with Crippen LogP contribution in [0.5, 0.6) is 0 Å². The van der Waals surface area contributed by atoms with Gasteiger partial charge in [0.1, 0.15) is 6.29 Å². The van der Waals surface area contributed by atoms with E-state index in [2.05, 4.69) is 4.99 Å². The molecule has 1 rings (SSSR count). The molecule has 17 heavy (non-hydrogen) atoms. The lowest BCUT2D eigenvalue weighted by molar-refractivity contribution is 0.321. The molecule has 0 aromatic rings. The van der Waals surface area contributed by atoms with E-state index >= 15 is 0 Å². The van der Waals surface area contributed by atoms with Crippen LogP contribution in [-0.2, 0) is 4.57 Å². The van der Waals surface area contributed by atoms with Crippen molar-refractivity contribution in [3.63, 3.8) is 0 Å². The van der Waals surface area contributed by atoms with Crippen LogP contribution >= 0.6 is 15.5 Å². The Kier molecular flexibility index (Phi) is 5.22. The summed E-state index contributed by atoms with van der Waals surface area (Å²) in [6.07, 6.45) is 2.55. The summed E-state index contributed by atoms with van der Waals surface area (Å²) in [7, 11) is -8.29. The van der Waals surface area contributed by atoms with Gasteiger partial charge in [0.25, 0.3) is 0 Å². The summed E-state index contributed by atoms with van der Waals surface area (Å²) in [5.41, 5.74) is -0.553. The molecule has 9 heteroatoms. The number of hydrogen-bond acceptors (Lipinski definition) is 5. The van der Waals surface area contributed by atoms with Crippen molar-refractivity contribution in [2.75, 3.05) is 6.29 Å². The van der Waals surface area contributed by atoms with Gasteiger partial charge in [-0.05, 0) is 25.7 Å². The standard InChI is InChI=1S/C8H17NO6P2/c10-16(11,12)6-9-7-4-2-1-3-5-8(7)17(13,14)15/h8,13-15H,1-6H2,(H-,10,11,12)/p+1. The first kappa shape index (κ1) is 15.2. The normalized spacial score (nSPS) is 25.9.